The Morgan fingerprint density at radius 2 is 1.77 bits per heavy atom. The smallest absolute Gasteiger partial charge is 0.220 e. The normalized spacial score (nSPS) is 25.2. The molecule has 0 radical (unpaired) electrons. The fourth-order valence-corrected chi connectivity index (χ4v) is 4.17. The number of amides is 1. The van der Waals surface area contributed by atoms with Gasteiger partial charge in [-0.05, 0) is 63.4 Å². The van der Waals surface area contributed by atoms with Crippen molar-refractivity contribution in [2.24, 2.45) is 5.92 Å². The fourth-order valence-electron chi connectivity index (χ4n) is 4.17. The van der Waals surface area contributed by atoms with Crippen molar-refractivity contribution in [2.45, 2.75) is 50.2 Å². The number of nitrogens with one attached hydrogen (secondary N) is 2. The molecule has 2 saturated heterocycles. The topological polar surface area (TPSA) is 44.4 Å². The second-order valence-electron chi connectivity index (χ2n) is 7.51. The quantitative estimate of drug-likeness (QED) is 0.762. The molecule has 3 rings (SSSR count). The van der Waals surface area contributed by atoms with E-state index in [1.807, 2.05) is 14.1 Å². The van der Waals surface area contributed by atoms with Crippen LogP contribution in [0.15, 0.2) is 24.3 Å². The molecule has 3 unspecified atom stereocenters. The number of piperidine rings is 1. The van der Waals surface area contributed by atoms with Crippen LogP contribution in [0.1, 0.15) is 43.7 Å². The van der Waals surface area contributed by atoms with Gasteiger partial charge in [0.2, 0.25) is 5.91 Å². The van der Waals surface area contributed by atoms with Crippen molar-refractivity contribution in [3.05, 3.63) is 35.6 Å². The number of benzene rings is 1. The van der Waals surface area contributed by atoms with Crippen molar-refractivity contribution in [1.82, 2.24) is 15.5 Å². The fraction of sp³-hybridized carbons (Fsp3) is 0.632. The summed E-state index contributed by atoms with van der Waals surface area (Å²) < 4.78 is 13.1. The molecule has 1 amide bonds. The summed E-state index contributed by atoms with van der Waals surface area (Å²) in [5.74, 6) is 0.406. The summed E-state index contributed by atoms with van der Waals surface area (Å²) >= 11 is 0. The van der Waals surface area contributed by atoms with Crippen LogP contribution >= 0.6 is 24.8 Å². The van der Waals surface area contributed by atoms with E-state index in [-0.39, 0.29) is 42.6 Å². The molecule has 1 aromatic carbocycles. The van der Waals surface area contributed by atoms with Crippen LogP contribution in [0, 0.1) is 11.7 Å². The van der Waals surface area contributed by atoms with E-state index in [2.05, 4.69) is 15.5 Å². The molecular weight excluding hydrogens is 376 g/mol. The molecule has 0 spiro atoms. The third kappa shape index (κ3) is 6.08. The molecule has 2 bridgehead atoms. The molecule has 4 nitrogen and oxygen atoms in total. The summed E-state index contributed by atoms with van der Waals surface area (Å²) in [5, 5.41) is 6.70. The predicted octanol–water partition coefficient (Wildman–Crippen LogP) is 3.31. The van der Waals surface area contributed by atoms with Gasteiger partial charge in [-0.1, -0.05) is 12.1 Å². The molecule has 0 aliphatic carbocycles. The van der Waals surface area contributed by atoms with Crippen LogP contribution in [0.5, 0.6) is 0 Å². The summed E-state index contributed by atoms with van der Waals surface area (Å²) in [6, 6.07) is 7.81. The van der Waals surface area contributed by atoms with Crippen LogP contribution in [0.2, 0.25) is 0 Å². The third-order valence-electron chi connectivity index (χ3n) is 5.42. The van der Waals surface area contributed by atoms with Crippen molar-refractivity contribution in [2.75, 3.05) is 20.6 Å². The van der Waals surface area contributed by atoms with Gasteiger partial charge in [0, 0.05) is 25.0 Å². The first-order valence-electron chi connectivity index (χ1n) is 8.96. The zero-order valence-corrected chi connectivity index (χ0v) is 17.0. The molecule has 1 aromatic rings. The summed E-state index contributed by atoms with van der Waals surface area (Å²) in [5.41, 5.74) is 1.02. The van der Waals surface area contributed by atoms with E-state index in [1.54, 1.807) is 12.1 Å². The number of carbonyl (C=O) groups excluding carboxylic acids is 1. The van der Waals surface area contributed by atoms with Crippen LogP contribution in [0.25, 0.3) is 0 Å². The minimum absolute atomic E-state index is 0. The average molecular weight is 406 g/mol. The van der Waals surface area contributed by atoms with E-state index >= 15 is 0 Å². The molecule has 2 heterocycles. The van der Waals surface area contributed by atoms with Crippen molar-refractivity contribution >= 4 is 30.7 Å². The van der Waals surface area contributed by atoms with Gasteiger partial charge in [0.1, 0.15) is 5.82 Å². The van der Waals surface area contributed by atoms with Gasteiger partial charge in [-0.25, -0.2) is 4.39 Å². The minimum atomic E-state index is -0.235. The van der Waals surface area contributed by atoms with Crippen LogP contribution < -0.4 is 10.6 Å². The number of likely N-dealkylation sites (N-methyl/N-ethyl adjacent to an activating group) is 1. The number of rotatable bonds is 6. The molecule has 3 atom stereocenters. The van der Waals surface area contributed by atoms with Crippen LogP contribution in [-0.4, -0.2) is 43.5 Å². The first kappa shape index (κ1) is 23.2. The maximum atomic E-state index is 13.1. The van der Waals surface area contributed by atoms with Gasteiger partial charge in [-0.15, -0.1) is 24.8 Å². The zero-order valence-electron chi connectivity index (χ0n) is 15.4. The maximum Gasteiger partial charge on any atom is 0.220 e. The maximum absolute atomic E-state index is 13.1. The van der Waals surface area contributed by atoms with E-state index in [1.165, 1.54) is 25.0 Å². The van der Waals surface area contributed by atoms with E-state index in [4.69, 9.17) is 0 Å². The van der Waals surface area contributed by atoms with Gasteiger partial charge >= 0.3 is 0 Å². The Kier molecular flexibility index (Phi) is 9.31. The zero-order chi connectivity index (χ0) is 17.1. The molecule has 2 fully saturated rings. The van der Waals surface area contributed by atoms with Gasteiger partial charge in [-0.3, -0.25) is 4.79 Å². The molecule has 2 aliphatic heterocycles. The van der Waals surface area contributed by atoms with Crippen molar-refractivity contribution in [3.63, 3.8) is 0 Å². The number of hydrogen-bond donors (Lipinski definition) is 2. The number of carbonyl (C=O) groups is 1. The van der Waals surface area contributed by atoms with E-state index in [9.17, 15) is 9.18 Å². The van der Waals surface area contributed by atoms with Crippen molar-refractivity contribution in [1.29, 1.82) is 0 Å². The molecule has 0 saturated carbocycles. The molecule has 7 heteroatoms. The largest absolute Gasteiger partial charge is 0.354 e. The Balaban J connectivity index is 0.00000169. The lowest BCUT2D eigenvalue weighted by Crippen LogP contribution is -2.40. The van der Waals surface area contributed by atoms with Crippen molar-refractivity contribution < 1.29 is 9.18 Å². The molecule has 2 aliphatic rings. The lowest BCUT2D eigenvalue weighted by atomic mass is 9.89. The Morgan fingerprint density at radius 3 is 2.31 bits per heavy atom. The van der Waals surface area contributed by atoms with Crippen LogP contribution in [0.3, 0.4) is 0 Å². The predicted molar refractivity (Wildman–Crippen MR) is 108 cm³/mol. The van der Waals surface area contributed by atoms with E-state index < -0.39 is 0 Å². The van der Waals surface area contributed by atoms with Crippen molar-refractivity contribution in [3.8, 4) is 0 Å². The SMILES string of the molecule is CN(C)C(CNC(=O)CC1CC2CCC(C1)N2)c1ccc(F)cc1.Cl.Cl. The summed E-state index contributed by atoms with van der Waals surface area (Å²) in [7, 11) is 3.95. The first-order valence-corrected chi connectivity index (χ1v) is 8.96. The van der Waals surface area contributed by atoms with Gasteiger partial charge in [0.15, 0.2) is 0 Å². The highest BCUT2D eigenvalue weighted by Gasteiger charge is 2.34. The van der Waals surface area contributed by atoms with E-state index in [0.29, 0.717) is 31.0 Å². The lowest BCUT2D eigenvalue weighted by Gasteiger charge is -2.29. The van der Waals surface area contributed by atoms with Gasteiger partial charge in [0.25, 0.3) is 0 Å². The second-order valence-corrected chi connectivity index (χ2v) is 7.51. The first-order chi connectivity index (χ1) is 11.5. The molecule has 0 aromatic heterocycles. The number of halogens is 3. The van der Waals surface area contributed by atoms with Gasteiger partial charge < -0.3 is 15.5 Å². The molecule has 148 valence electrons. The highest BCUT2D eigenvalue weighted by Crippen LogP contribution is 2.32. The lowest BCUT2D eigenvalue weighted by molar-refractivity contribution is -0.122. The standard InChI is InChI=1S/C19H28FN3O.2ClH/c1-23(2)18(14-3-5-15(20)6-4-14)12-21-19(24)11-13-9-16-7-8-17(10-13)22-16;;/h3-6,13,16-18,22H,7-12H2,1-2H3,(H,21,24);2*1H. The number of fused-ring (bicyclic) bond motifs is 2. The van der Waals surface area contributed by atoms with E-state index in [0.717, 1.165) is 18.4 Å². The number of nitrogens with zero attached hydrogens (tertiary/aromatic N) is 1. The Hall–Kier alpha value is -0.880. The molecular formula is C19H30Cl2FN3O. The molecule has 26 heavy (non-hydrogen) atoms. The highest BCUT2D eigenvalue weighted by molar-refractivity contribution is 5.85. The molecule has 2 N–H and O–H groups in total. The third-order valence-corrected chi connectivity index (χ3v) is 5.42. The summed E-state index contributed by atoms with van der Waals surface area (Å²) in [6.45, 7) is 0.551. The Morgan fingerprint density at radius 1 is 1.19 bits per heavy atom. The van der Waals surface area contributed by atoms with Gasteiger partial charge in [-0.2, -0.15) is 0 Å². The van der Waals surface area contributed by atoms with Gasteiger partial charge in [0.05, 0.1) is 6.04 Å². The Labute approximate surface area is 168 Å². The summed E-state index contributed by atoms with van der Waals surface area (Å²) in [6.07, 6.45) is 5.39. The number of hydrogen-bond acceptors (Lipinski definition) is 3. The minimum Gasteiger partial charge on any atom is -0.354 e. The highest BCUT2D eigenvalue weighted by atomic mass is 35.5. The summed E-state index contributed by atoms with van der Waals surface area (Å²) in [4.78, 5) is 14.4. The van der Waals surface area contributed by atoms with Crippen LogP contribution in [-0.2, 0) is 4.79 Å². The monoisotopic (exact) mass is 405 g/mol. The van der Waals surface area contributed by atoms with Crippen LogP contribution in [0.4, 0.5) is 4.39 Å². The average Bonchev–Trinajstić information content (AvgIpc) is 2.87. The second kappa shape index (κ2) is 10.5. The Bertz CT molecular complexity index is 558.